The molecular weight excluding hydrogens is 276 g/mol. The third-order valence-corrected chi connectivity index (χ3v) is 3.48. The summed E-state index contributed by atoms with van der Waals surface area (Å²) in [5.41, 5.74) is 0.134. The van der Waals surface area contributed by atoms with Crippen molar-refractivity contribution in [2.24, 2.45) is 0 Å². The van der Waals surface area contributed by atoms with E-state index in [0.29, 0.717) is 0 Å². The largest absolute Gasteiger partial charge is 0.478 e. The average molecular weight is 282 g/mol. The van der Waals surface area contributed by atoms with Gasteiger partial charge in [-0.1, -0.05) is 11.6 Å². The van der Waals surface area contributed by atoms with Gasteiger partial charge in [-0.05, 0) is 34.3 Å². The van der Waals surface area contributed by atoms with Gasteiger partial charge in [0.1, 0.15) is 0 Å². The molecule has 0 fully saturated rings. The summed E-state index contributed by atoms with van der Waals surface area (Å²) < 4.78 is 0.815. The molecule has 2 nitrogen and oxygen atoms in total. The van der Waals surface area contributed by atoms with Crippen molar-refractivity contribution >= 4 is 45.3 Å². The Morgan fingerprint density at radius 2 is 2.23 bits per heavy atom. The summed E-state index contributed by atoms with van der Waals surface area (Å²) >= 11 is 10.5. The third kappa shape index (κ3) is 2.39. The maximum absolute atomic E-state index is 10.7. The van der Waals surface area contributed by atoms with Crippen molar-refractivity contribution in [1.82, 2.24) is 0 Å². The van der Waals surface area contributed by atoms with Gasteiger partial charge in [-0.25, -0.2) is 4.79 Å². The molecule has 0 saturated carbocycles. The maximum Gasteiger partial charge on any atom is 0.337 e. The molecule has 0 aliphatic heterocycles. The summed E-state index contributed by atoms with van der Waals surface area (Å²) in [6, 6.07) is 3.15. The lowest BCUT2D eigenvalue weighted by atomic mass is 10.2. The molecule has 1 aromatic rings. The van der Waals surface area contributed by atoms with Crippen LogP contribution in [0.3, 0.4) is 0 Å². The second-order valence-corrected chi connectivity index (χ2v) is 4.38. The highest BCUT2D eigenvalue weighted by atomic mass is 79.9. The van der Waals surface area contributed by atoms with Crippen molar-refractivity contribution in [3.05, 3.63) is 27.2 Å². The van der Waals surface area contributed by atoms with Gasteiger partial charge in [0, 0.05) is 9.37 Å². The van der Waals surface area contributed by atoms with E-state index in [1.54, 1.807) is 12.1 Å². The Labute approximate surface area is 93.4 Å². The quantitative estimate of drug-likeness (QED) is 0.843. The number of carbonyl (C=O) groups is 1. The first kappa shape index (κ1) is 10.9. The van der Waals surface area contributed by atoms with Crippen LogP contribution in [-0.4, -0.2) is 17.3 Å². The van der Waals surface area contributed by atoms with Crippen LogP contribution in [0, 0.1) is 0 Å². The fourth-order valence-electron chi connectivity index (χ4n) is 0.849. The van der Waals surface area contributed by atoms with Crippen LogP contribution in [-0.2, 0) is 0 Å². The van der Waals surface area contributed by atoms with Crippen molar-refractivity contribution in [2.45, 2.75) is 4.90 Å². The first-order valence-electron chi connectivity index (χ1n) is 3.32. The molecule has 0 aliphatic carbocycles. The number of thioether (sulfide) groups is 1. The van der Waals surface area contributed by atoms with E-state index in [-0.39, 0.29) is 10.6 Å². The smallest absolute Gasteiger partial charge is 0.337 e. The molecule has 70 valence electrons. The highest BCUT2D eigenvalue weighted by Gasteiger charge is 2.11. The molecule has 0 spiro atoms. The molecule has 0 aromatic heterocycles. The van der Waals surface area contributed by atoms with Crippen LogP contribution in [0.25, 0.3) is 0 Å². The number of rotatable bonds is 2. The van der Waals surface area contributed by atoms with Gasteiger partial charge < -0.3 is 5.11 Å². The normalized spacial score (nSPS) is 10.1. The van der Waals surface area contributed by atoms with Crippen LogP contribution in [0.5, 0.6) is 0 Å². The monoisotopic (exact) mass is 280 g/mol. The predicted octanol–water partition coefficient (Wildman–Crippen LogP) is 3.52. The zero-order chi connectivity index (χ0) is 10.0. The van der Waals surface area contributed by atoms with Crippen molar-refractivity contribution < 1.29 is 9.90 Å². The number of benzene rings is 1. The van der Waals surface area contributed by atoms with E-state index in [1.807, 2.05) is 6.26 Å². The molecule has 13 heavy (non-hydrogen) atoms. The molecule has 0 atom stereocenters. The Bertz CT molecular complexity index is 354. The lowest BCUT2D eigenvalue weighted by molar-refractivity contribution is 0.0697. The lowest BCUT2D eigenvalue weighted by Gasteiger charge is -2.04. The summed E-state index contributed by atoms with van der Waals surface area (Å²) in [7, 11) is 0. The SMILES string of the molecule is CSc1cc(C(=O)O)c(Cl)cc1Br. The van der Waals surface area contributed by atoms with Crippen LogP contribution in [0.15, 0.2) is 21.5 Å². The van der Waals surface area contributed by atoms with Gasteiger partial charge in [0.15, 0.2) is 0 Å². The van der Waals surface area contributed by atoms with Gasteiger partial charge >= 0.3 is 5.97 Å². The van der Waals surface area contributed by atoms with Crippen molar-refractivity contribution in [3.8, 4) is 0 Å². The summed E-state index contributed by atoms with van der Waals surface area (Å²) in [6.45, 7) is 0. The zero-order valence-electron chi connectivity index (χ0n) is 6.67. The van der Waals surface area contributed by atoms with E-state index < -0.39 is 5.97 Å². The van der Waals surface area contributed by atoms with Gasteiger partial charge in [-0.15, -0.1) is 11.8 Å². The Kier molecular flexibility index (Phi) is 3.64. The molecule has 0 bridgehead atoms. The van der Waals surface area contributed by atoms with Gasteiger partial charge in [0.2, 0.25) is 0 Å². The summed E-state index contributed by atoms with van der Waals surface area (Å²) in [5, 5.41) is 9.01. The number of hydrogen-bond donors (Lipinski definition) is 1. The van der Waals surface area contributed by atoms with Crippen molar-refractivity contribution in [3.63, 3.8) is 0 Å². The Balaban J connectivity index is 3.30. The van der Waals surface area contributed by atoms with Crippen LogP contribution < -0.4 is 0 Å². The Morgan fingerprint density at radius 3 is 2.69 bits per heavy atom. The number of carboxylic acid groups (broad SMARTS) is 1. The van der Waals surface area contributed by atoms with Gasteiger partial charge in [0.05, 0.1) is 10.6 Å². The molecule has 1 N–H and O–H groups in total. The summed E-state index contributed by atoms with van der Waals surface area (Å²) in [6.07, 6.45) is 1.87. The minimum atomic E-state index is -1.01. The van der Waals surface area contributed by atoms with Gasteiger partial charge in [0.25, 0.3) is 0 Å². The van der Waals surface area contributed by atoms with Crippen LogP contribution >= 0.6 is 39.3 Å². The van der Waals surface area contributed by atoms with Crippen molar-refractivity contribution in [2.75, 3.05) is 6.26 Å². The Morgan fingerprint density at radius 1 is 1.62 bits per heavy atom. The minimum Gasteiger partial charge on any atom is -0.478 e. The van der Waals surface area contributed by atoms with E-state index >= 15 is 0 Å². The Hall–Kier alpha value is -0.190. The van der Waals surface area contributed by atoms with E-state index in [2.05, 4.69) is 15.9 Å². The van der Waals surface area contributed by atoms with E-state index in [9.17, 15) is 4.79 Å². The number of carboxylic acids is 1. The molecule has 0 aliphatic rings. The van der Waals surface area contributed by atoms with Gasteiger partial charge in [-0.3, -0.25) is 0 Å². The van der Waals surface area contributed by atoms with Crippen LogP contribution in [0.4, 0.5) is 0 Å². The number of hydrogen-bond acceptors (Lipinski definition) is 2. The van der Waals surface area contributed by atoms with Gasteiger partial charge in [-0.2, -0.15) is 0 Å². The lowest BCUT2D eigenvalue weighted by Crippen LogP contribution is -1.97. The third-order valence-electron chi connectivity index (χ3n) is 1.47. The second-order valence-electron chi connectivity index (χ2n) is 2.27. The van der Waals surface area contributed by atoms with Crippen molar-refractivity contribution in [1.29, 1.82) is 0 Å². The molecule has 0 unspecified atom stereocenters. The summed E-state index contributed by atoms with van der Waals surface area (Å²) in [4.78, 5) is 11.6. The predicted molar refractivity (Wildman–Crippen MR) is 57.9 cm³/mol. The second kappa shape index (κ2) is 4.35. The maximum atomic E-state index is 10.7. The molecule has 1 aromatic carbocycles. The zero-order valence-corrected chi connectivity index (χ0v) is 9.83. The van der Waals surface area contributed by atoms with E-state index in [4.69, 9.17) is 16.7 Å². The molecule has 0 radical (unpaired) electrons. The first-order chi connectivity index (χ1) is 6.06. The van der Waals surface area contributed by atoms with E-state index in [0.717, 1.165) is 9.37 Å². The molecule has 5 heteroatoms. The summed E-state index contributed by atoms with van der Waals surface area (Å²) in [5.74, 6) is -1.01. The molecule has 0 amide bonds. The topological polar surface area (TPSA) is 37.3 Å². The van der Waals surface area contributed by atoms with Crippen LogP contribution in [0.1, 0.15) is 10.4 Å². The molecule has 0 saturated heterocycles. The standard InChI is InChI=1S/C8H6BrClO2S/c1-13-7-2-4(8(11)12)6(10)3-5(7)9/h2-3H,1H3,(H,11,12). The molecule has 0 heterocycles. The highest BCUT2D eigenvalue weighted by molar-refractivity contribution is 9.10. The number of aromatic carboxylic acids is 1. The fraction of sp³-hybridized carbons (Fsp3) is 0.125. The number of halogens is 2. The average Bonchev–Trinajstić information content (AvgIpc) is 2.03. The highest BCUT2D eigenvalue weighted by Crippen LogP contribution is 2.31. The fourth-order valence-corrected chi connectivity index (χ4v) is 2.54. The van der Waals surface area contributed by atoms with E-state index in [1.165, 1.54) is 11.8 Å². The first-order valence-corrected chi connectivity index (χ1v) is 5.72. The molecular formula is C8H6BrClO2S. The minimum absolute atomic E-state index is 0.134. The molecule has 1 rings (SSSR count). The van der Waals surface area contributed by atoms with Crippen LogP contribution in [0.2, 0.25) is 5.02 Å².